The predicted octanol–water partition coefficient (Wildman–Crippen LogP) is 3.61. The highest BCUT2D eigenvalue weighted by Crippen LogP contribution is 2.22. The summed E-state index contributed by atoms with van der Waals surface area (Å²) in [5.41, 5.74) is 2.79. The zero-order chi connectivity index (χ0) is 15.1. The van der Waals surface area contributed by atoms with Gasteiger partial charge < -0.3 is 14.6 Å². The van der Waals surface area contributed by atoms with Crippen LogP contribution in [-0.4, -0.2) is 30.9 Å². The first kappa shape index (κ1) is 16.1. The fourth-order valence-electron chi connectivity index (χ4n) is 2.71. The number of nitrogens with zero attached hydrogens (tertiary/aromatic N) is 1. The second-order valence-electron chi connectivity index (χ2n) is 5.85. The summed E-state index contributed by atoms with van der Waals surface area (Å²) in [6.45, 7) is 6.97. The molecular formula is C18H28N2O. The number of rotatable bonds is 9. The molecule has 0 saturated heterocycles. The van der Waals surface area contributed by atoms with E-state index < -0.39 is 0 Å². The summed E-state index contributed by atoms with van der Waals surface area (Å²) in [6, 6.07) is 8.70. The van der Waals surface area contributed by atoms with Crippen LogP contribution in [-0.2, 0) is 17.7 Å². The first-order valence-corrected chi connectivity index (χ1v) is 8.05. The largest absolute Gasteiger partial charge is 0.377 e. The number of unbranched alkanes of at least 4 members (excludes halogenated alkanes) is 1. The first-order chi connectivity index (χ1) is 10.2. The molecule has 0 radical (unpaired) electrons. The Morgan fingerprint density at radius 3 is 2.76 bits per heavy atom. The number of aromatic nitrogens is 1. The van der Waals surface area contributed by atoms with Crippen LogP contribution in [0.1, 0.15) is 32.3 Å². The Labute approximate surface area is 128 Å². The number of para-hydroxylation sites is 1. The summed E-state index contributed by atoms with van der Waals surface area (Å²) in [6.07, 6.45) is 6.23. The lowest BCUT2D eigenvalue weighted by atomic mass is 10.1. The average molecular weight is 288 g/mol. The van der Waals surface area contributed by atoms with Crippen LogP contribution < -0.4 is 5.32 Å². The molecule has 1 heterocycles. The number of hydrogen-bond donors (Lipinski definition) is 1. The minimum absolute atomic E-state index is 0.299. The lowest BCUT2D eigenvalue weighted by Gasteiger charge is -2.09. The van der Waals surface area contributed by atoms with E-state index in [1.54, 1.807) is 0 Å². The molecule has 1 aromatic carbocycles. The van der Waals surface area contributed by atoms with Crippen molar-refractivity contribution in [3.05, 3.63) is 36.0 Å². The monoisotopic (exact) mass is 288 g/mol. The van der Waals surface area contributed by atoms with E-state index in [0.717, 1.165) is 26.1 Å². The van der Waals surface area contributed by atoms with E-state index in [2.05, 4.69) is 54.2 Å². The van der Waals surface area contributed by atoms with E-state index in [4.69, 9.17) is 4.74 Å². The highest BCUT2D eigenvalue weighted by atomic mass is 16.5. The molecule has 2 rings (SSSR count). The second-order valence-corrected chi connectivity index (χ2v) is 5.85. The van der Waals surface area contributed by atoms with Crippen LogP contribution >= 0.6 is 0 Å². The summed E-state index contributed by atoms with van der Waals surface area (Å²) < 4.78 is 8.03. The van der Waals surface area contributed by atoms with Crippen molar-refractivity contribution >= 4 is 10.9 Å². The lowest BCUT2D eigenvalue weighted by Crippen LogP contribution is -2.09. The Morgan fingerprint density at radius 1 is 1.19 bits per heavy atom. The van der Waals surface area contributed by atoms with Gasteiger partial charge in [0.25, 0.3) is 0 Å². The van der Waals surface area contributed by atoms with Gasteiger partial charge in [0.2, 0.25) is 0 Å². The zero-order valence-electron chi connectivity index (χ0n) is 13.6. The third kappa shape index (κ3) is 4.58. The van der Waals surface area contributed by atoms with E-state index in [1.165, 1.54) is 29.3 Å². The minimum Gasteiger partial charge on any atom is -0.377 e. The van der Waals surface area contributed by atoms with Crippen LogP contribution in [0, 0.1) is 0 Å². The molecule has 0 atom stereocenters. The normalized spacial score (nSPS) is 11.6. The first-order valence-electron chi connectivity index (χ1n) is 8.05. The van der Waals surface area contributed by atoms with Crippen LogP contribution in [0.4, 0.5) is 0 Å². The molecule has 1 aromatic heterocycles. The Kier molecular flexibility index (Phi) is 6.27. The lowest BCUT2D eigenvalue weighted by molar-refractivity contribution is 0.0733. The minimum atomic E-state index is 0.299. The molecule has 0 aliphatic heterocycles. The fraction of sp³-hybridized carbons (Fsp3) is 0.556. The molecule has 0 saturated carbocycles. The molecule has 3 heteroatoms. The molecule has 3 nitrogen and oxygen atoms in total. The maximum Gasteiger partial charge on any atom is 0.0649 e. The van der Waals surface area contributed by atoms with Gasteiger partial charge in [-0.1, -0.05) is 18.2 Å². The molecule has 0 aliphatic carbocycles. The van der Waals surface area contributed by atoms with Crippen molar-refractivity contribution in [3.8, 4) is 0 Å². The molecule has 0 aliphatic rings. The zero-order valence-corrected chi connectivity index (χ0v) is 13.6. The highest BCUT2D eigenvalue weighted by Gasteiger charge is 2.08. The van der Waals surface area contributed by atoms with Gasteiger partial charge in [0.15, 0.2) is 0 Å². The number of fused-ring (bicyclic) bond motifs is 1. The molecular weight excluding hydrogens is 260 g/mol. The SMILES string of the molecule is CNCCCCc1cn(CCOC(C)C)c2ccccc12. The van der Waals surface area contributed by atoms with Gasteiger partial charge in [0.1, 0.15) is 0 Å². The van der Waals surface area contributed by atoms with Crippen molar-refractivity contribution in [1.29, 1.82) is 0 Å². The molecule has 1 N–H and O–H groups in total. The van der Waals surface area contributed by atoms with Gasteiger partial charge in [-0.15, -0.1) is 0 Å². The third-order valence-corrected chi connectivity index (χ3v) is 3.78. The topological polar surface area (TPSA) is 26.2 Å². The smallest absolute Gasteiger partial charge is 0.0649 e. The van der Waals surface area contributed by atoms with E-state index in [9.17, 15) is 0 Å². The van der Waals surface area contributed by atoms with Crippen molar-refractivity contribution in [3.63, 3.8) is 0 Å². The Bertz CT molecular complexity index is 545. The van der Waals surface area contributed by atoms with E-state index in [1.807, 2.05) is 7.05 Å². The van der Waals surface area contributed by atoms with Gasteiger partial charge in [0.05, 0.1) is 12.7 Å². The van der Waals surface area contributed by atoms with E-state index in [-0.39, 0.29) is 0 Å². The molecule has 0 bridgehead atoms. The number of benzene rings is 1. The summed E-state index contributed by atoms with van der Waals surface area (Å²) in [5.74, 6) is 0. The van der Waals surface area contributed by atoms with Gasteiger partial charge in [0, 0.05) is 23.6 Å². The summed E-state index contributed by atoms with van der Waals surface area (Å²) in [5, 5.41) is 4.61. The second kappa shape index (κ2) is 8.20. The van der Waals surface area contributed by atoms with Gasteiger partial charge in [-0.2, -0.15) is 0 Å². The van der Waals surface area contributed by atoms with Gasteiger partial charge >= 0.3 is 0 Å². The van der Waals surface area contributed by atoms with Gasteiger partial charge in [-0.3, -0.25) is 0 Å². The highest BCUT2D eigenvalue weighted by molar-refractivity contribution is 5.83. The number of hydrogen-bond acceptors (Lipinski definition) is 2. The molecule has 116 valence electrons. The average Bonchev–Trinajstić information content (AvgIpc) is 2.82. The third-order valence-electron chi connectivity index (χ3n) is 3.78. The van der Waals surface area contributed by atoms with Crippen LogP contribution in [0.25, 0.3) is 10.9 Å². The molecule has 0 unspecified atom stereocenters. The van der Waals surface area contributed by atoms with E-state index in [0.29, 0.717) is 6.10 Å². The quantitative estimate of drug-likeness (QED) is 0.713. The van der Waals surface area contributed by atoms with Gasteiger partial charge in [-0.05, 0) is 58.3 Å². The maximum atomic E-state index is 5.69. The summed E-state index contributed by atoms with van der Waals surface area (Å²) in [7, 11) is 2.01. The van der Waals surface area contributed by atoms with Crippen LogP contribution in [0.15, 0.2) is 30.5 Å². The molecule has 0 fully saturated rings. The molecule has 0 amide bonds. The van der Waals surface area contributed by atoms with Crippen molar-refractivity contribution in [2.45, 2.75) is 45.8 Å². The molecule has 0 spiro atoms. The fourth-order valence-corrected chi connectivity index (χ4v) is 2.71. The Morgan fingerprint density at radius 2 is 2.00 bits per heavy atom. The standard InChI is InChI=1S/C18H28N2O/c1-15(2)21-13-12-20-14-16(8-6-7-11-19-3)17-9-4-5-10-18(17)20/h4-5,9-10,14-15,19H,6-8,11-13H2,1-3H3. The molecule has 21 heavy (non-hydrogen) atoms. The number of nitrogens with one attached hydrogen (secondary N) is 1. The van der Waals surface area contributed by atoms with Crippen molar-refractivity contribution in [1.82, 2.24) is 9.88 Å². The van der Waals surface area contributed by atoms with Crippen molar-refractivity contribution in [2.24, 2.45) is 0 Å². The number of ether oxygens (including phenoxy) is 1. The van der Waals surface area contributed by atoms with Crippen molar-refractivity contribution < 1.29 is 4.74 Å². The Hall–Kier alpha value is -1.32. The number of aryl methyl sites for hydroxylation is 1. The van der Waals surface area contributed by atoms with Crippen LogP contribution in [0.5, 0.6) is 0 Å². The summed E-state index contributed by atoms with van der Waals surface area (Å²) in [4.78, 5) is 0. The Balaban J connectivity index is 2.06. The predicted molar refractivity (Wildman–Crippen MR) is 89.9 cm³/mol. The van der Waals surface area contributed by atoms with E-state index >= 15 is 0 Å². The van der Waals surface area contributed by atoms with Crippen LogP contribution in [0.3, 0.4) is 0 Å². The van der Waals surface area contributed by atoms with Crippen LogP contribution in [0.2, 0.25) is 0 Å². The van der Waals surface area contributed by atoms with Crippen molar-refractivity contribution in [2.75, 3.05) is 20.2 Å². The van der Waals surface area contributed by atoms with Gasteiger partial charge in [-0.25, -0.2) is 0 Å². The summed E-state index contributed by atoms with van der Waals surface area (Å²) >= 11 is 0. The maximum absolute atomic E-state index is 5.69. The molecule has 2 aromatic rings.